The average molecular weight is 337 g/mol. The predicted octanol–water partition coefficient (Wildman–Crippen LogP) is 1.01. The number of hydrogen-bond donors (Lipinski definition) is 2. The minimum absolute atomic E-state index is 0.0165. The first-order valence-corrected chi connectivity index (χ1v) is 8.64. The summed E-state index contributed by atoms with van der Waals surface area (Å²) in [5, 5.41) is 2.79. The molecule has 8 heteroatoms. The van der Waals surface area contributed by atoms with E-state index >= 15 is 0 Å². The molecule has 3 N–H and O–H groups in total. The fraction of sp³-hybridized carbons (Fsp3) is 0.600. The fourth-order valence-electron chi connectivity index (χ4n) is 2.24. The van der Waals surface area contributed by atoms with Gasteiger partial charge < -0.3 is 16.0 Å². The van der Waals surface area contributed by atoms with E-state index in [1.54, 1.807) is 28.9 Å². The van der Waals surface area contributed by atoms with E-state index in [-0.39, 0.29) is 23.8 Å². The van der Waals surface area contributed by atoms with E-state index in [4.69, 9.17) is 5.73 Å². The van der Waals surface area contributed by atoms with Crippen LogP contribution in [0.4, 0.5) is 5.82 Å². The maximum Gasteiger partial charge on any atom is 0.244 e. The van der Waals surface area contributed by atoms with Crippen LogP contribution in [0.1, 0.15) is 33.0 Å². The van der Waals surface area contributed by atoms with Crippen LogP contribution in [0.15, 0.2) is 12.3 Å². The molecule has 1 aromatic rings. The van der Waals surface area contributed by atoms with Crippen LogP contribution in [0.3, 0.4) is 0 Å². The van der Waals surface area contributed by atoms with E-state index in [1.165, 1.54) is 0 Å². The largest absolute Gasteiger partial charge is 0.384 e. The number of carbonyl (C=O) groups excluding carboxylic acids is 2. The van der Waals surface area contributed by atoms with Crippen molar-refractivity contribution >= 4 is 29.4 Å². The van der Waals surface area contributed by atoms with E-state index in [0.717, 1.165) is 0 Å². The standard InChI is InChI=1S/C15H23N5O2S/c1-15(2,3)6-13(21)20-9-23-8-10(20)14(22)18-7-12-17-5-4-11(16)19-12/h4-5,10H,6-9H2,1-3H3,(H,18,22)(H2,16,17,19). The summed E-state index contributed by atoms with van der Waals surface area (Å²) < 4.78 is 0. The fourth-order valence-corrected chi connectivity index (χ4v) is 3.43. The van der Waals surface area contributed by atoms with Gasteiger partial charge in [-0.1, -0.05) is 20.8 Å². The van der Waals surface area contributed by atoms with Gasteiger partial charge in [0.15, 0.2) is 0 Å². The van der Waals surface area contributed by atoms with Gasteiger partial charge in [-0.25, -0.2) is 9.97 Å². The summed E-state index contributed by atoms with van der Waals surface area (Å²) in [6, 6.07) is 1.15. The van der Waals surface area contributed by atoms with Crippen LogP contribution < -0.4 is 11.1 Å². The van der Waals surface area contributed by atoms with Crippen molar-refractivity contribution in [3.05, 3.63) is 18.1 Å². The van der Waals surface area contributed by atoms with Gasteiger partial charge in [0.1, 0.15) is 17.7 Å². The molecule has 0 spiro atoms. The molecule has 0 bridgehead atoms. The van der Waals surface area contributed by atoms with Crippen molar-refractivity contribution < 1.29 is 9.59 Å². The summed E-state index contributed by atoms with van der Waals surface area (Å²) in [6.07, 6.45) is 1.98. The third-order valence-electron chi connectivity index (χ3n) is 3.33. The van der Waals surface area contributed by atoms with Gasteiger partial charge in [0, 0.05) is 18.4 Å². The molecule has 2 heterocycles. The van der Waals surface area contributed by atoms with Crippen molar-refractivity contribution in [1.82, 2.24) is 20.2 Å². The normalized spacial score (nSPS) is 18.0. The summed E-state index contributed by atoms with van der Waals surface area (Å²) in [4.78, 5) is 34.5. The Morgan fingerprint density at radius 1 is 1.48 bits per heavy atom. The van der Waals surface area contributed by atoms with E-state index in [0.29, 0.717) is 29.7 Å². The lowest BCUT2D eigenvalue weighted by atomic mass is 9.91. The molecule has 0 aromatic carbocycles. The second-order valence-corrected chi connectivity index (χ2v) is 7.73. The Balaban J connectivity index is 1.94. The summed E-state index contributed by atoms with van der Waals surface area (Å²) >= 11 is 1.59. The molecule has 1 fully saturated rings. The Kier molecular flexibility index (Phi) is 5.46. The summed E-state index contributed by atoms with van der Waals surface area (Å²) in [5.41, 5.74) is 5.49. The van der Waals surface area contributed by atoms with Crippen molar-refractivity contribution in [2.45, 2.75) is 39.8 Å². The molecule has 1 aliphatic heterocycles. The van der Waals surface area contributed by atoms with Crippen LogP contribution in [-0.4, -0.2) is 44.4 Å². The molecular formula is C15H23N5O2S. The third kappa shape index (κ3) is 5.09. The maximum atomic E-state index is 12.4. The molecule has 1 aromatic heterocycles. The molecule has 2 amide bonds. The Labute approximate surface area is 140 Å². The van der Waals surface area contributed by atoms with Gasteiger partial charge >= 0.3 is 0 Å². The number of hydrogen-bond acceptors (Lipinski definition) is 6. The van der Waals surface area contributed by atoms with Crippen molar-refractivity contribution in [2.75, 3.05) is 17.4 Å². The van der Waals surface area contributed by atoms with Crippen LogP contribution in [0.2, 0.25) is 0 Å². The van der Waals surface area contributed by atoms with E-state index in [9.17, 15) is 9.59 Å². The number of carbonyl (C=O) groups is 2. The van der Waals surface area contributed by atoms with Gasteiger partial charge in [-0.3, -0.25) is 9.59 Å². The molecule has 1 unspecified atom stereocenters. The molecule has 1 aliphatic rings. The van der Waals surface area contributed by atoms with Crippen molar-refractivity contribution in [1.29, 1.82) is 0 Å². The molecule has 1 atom stereocenters. The minimum atomic E-state index is -0.434. The lowest BCUT2D eigenvalue weighted by Crippen LogP contribution is -2.47. The van der Waals surface area contributed by atoms with Gasteiger partial charge in [0.05, 0.1) is 12.4 Å². The van der Waals surface area contributed by atoms with Gasteiger partial charge in [-0.05, 0) is 11.5 Å². The SMILES string of the molecule is CC(C)(C)CC(=O)N1CSCC1C(=O)NCc1nccc(N)n1. The number of rotatable bonds is 4. The second kappa shape index (κ2) is 7.16. The highest BCUT2D eigenvalue weighted by Crippen LogP contribution is 2.26. The van der Waals surface area contributed by atoms with Gasteiger partial charge in [-0.2, -0.15) is 0 Å². The van der Waals surface area contributed by atoms with Gasteiger partial charge in [0.25, 0.3) is 0 Å². The number of aromatic nitrogens is 2. The molecule has 2 rings (SSSR count). The summed E-state index contributed by atoms with van der Waals surface area (Å²) in [6.45, 7) is 6.24. The van der Waals surface area contributed by atoms with Gasteiger partial charge in [-0.15, -0.1) is 11.8 Å². The van der Waals surface area contributed by atoms with Crippen LogP contribution in [-0.2, 0) is 16.1 Å². The van der Waals surface area contributed by atoms with Crippen molar-refractivity contribution in [2.24, 2.45) is 5.41 Å². The molecular weight excluding hydrogens is 314 g/mol. The highest BCUT2D eigenvalue weighted by molar-refractivity contribution is 7.99. The zero-order valence-corrected chi connectivity index (χ0v) is 14.5. The number of thioether (sulfide) groups is 1. The molecule has 0 saturated carbocycles. The highest BCUT2D eigenvalue weighted by Gasteiger charge is 2.35. The monoisotopic (exact) mass is 337 g/mol. The first-order chi connectivity index (χ1) is 10.8. The summed E-state index contributed by atoms with van der Waals surface area (Å²) in [5.74, 6) is 1.83. The quantitative estimate of drug-likeness (QED) is 0.850. The predicted molar refractivity (Wildman–Crippen MR) is 90.3 cm³/mol. The summed E-state index contributed by atoms with van der Waals surface area (Å²) in [7, 11) is 0. The van der Waals surface area contributed by atoms with Crippen LogP contribution in [0.5, 0.6) is 0 Å². The third-order valence-corrected chi connectivity index (χ3v) is 4.35. The lowest BCUT2D eigenvalue weighted by molar-refractivity contribution is -0.139. The zero-order valence-electron chi connectivity index (χ0n) is 13.7. The van der Waals surface area contributed by atoms with Crippen LogP contribution >= 0.6 is 11.8 Å². The number of amides is 2. The van der Waals surface area contributed by atoms with Crippen molar-refractivity contribution in [3.8, 4) is 0 Å². The number of nitrogen functional groups attached to an aromatic ring is 1. The Morgan fingerprint density at radius 2 is 2.22 bits per heavy atom. The lowest BCUT2D eigenvalue weighted by Gasteiger charge is -2.26. The van der Waals surface area contributed by atoms with Crippen LogP contribution in [0.25, 0.3) is 0 Å². The zero-order chi connectivity index (χ0) is 17.0. The number of nitrogens with zero attached hydrogens (tertiary/aromatic N) is 3. The minimum Gasteiger partial charge on any atom is -0.384 e. The first kappa shape index (κ1) is 17.5. The molecule has 1 saturated heterocycles. The van der Waals surface area contributed by atoms with E-state index < -0.39 is 6.04 Å². The Hall–Kier alpha value is -1.83. The smallest absolute Gasteiger partial charge is 0.244 e. The first-order valence-electron chi connectivity index (χ1n) is 7.48. The van der Waals surface area contributed by atoms with Crippen LogP contribution in [0, 0.1) is 5.41 Å². The Bertz CT molecular complexity index is 587. The maximum absolute atomic E-state index is 12.4. The molecule has 126 valence electrons. The van der Waals surface area contributed by atoms with E-state index in [1.807, 2.05) is 20.8 Å². The molecule has 0 aliphatic carbocycles. The van der Waals surface area contributed by atoms with Gasteiger partial charge in [0.2, 0.25) is 11.8 Å². The van der Waals surface area contributed by atoms with Crippen molar-refractivity contribution in [3.63, 3.8) is 0 Å². The number of nitrogens with one attached hydrogen (secondary N) is 1. The average Bonchev–Trinajstić information content (AvgIpc) is 2.92. The number of nitrogens with two attached hydrogens (primary N) is 1. The highest BCUT2D eigenvalue weighted by atomic mass is 32.2. The second-order valence-electron chi connectivity index (χ2n) is 6.73. The number of anilines is 1. The molecule has 7 nitrogen and oxygen atoms in total. The topological polar surface area (TPSA) is 101 Å². The molecule has 23 heavy (non-hydrogen) atoms. The van der Waals surface area contributed by atoms with E-state index in [2.05, 4.69) is 15.3 Å². The molecule has 0 radical (unpaired) electrons. The Morgan fingerprint density at radius 3 is 2.87 bits per heavy atom.